The maximum atomic E-state index is 12.8. The summed E-state index contributed by atoms with van der Waals surface area (Å²) in [4.78, 5) is 12.8. The van der Waals surface area contributed by atoms with E-state index in [4.69, 9.17) is 4.74 Å². The highest BCUT2D eigenvalue weighted by Crippen LogP contribution is 2.30. The van der Waals surface area contributed by atoms with Gasteiger partial charge in [-0.05, 0) is 57.8 Å². The quantitative estimate of drug-likeness (QED) is 0.825. The summed E-state index contributed by atoms with van der Waals surface area (Å²) < 4.78 is 5.43. The fraction of sp³-hybridized carbons (Fsp3) is 0.632. The topological polar surface area (TPSA) is 50.4 Å². The summed E-state index contributed by atoms with van der Waals surface area (Å²) in [7, 11) is 1.74. The number of piperidine rings is 1. The first kappa shape index (κ1) is 20.9. The van der Waals surface area contributed by atoms with Crippen LogP contribution in [0.25, 0.3) is 0 Å². The van der Waals surface area contributed by atoms with Crippen molar-refractivity contribution in [1.82, 2.24) is 10.6 Å². The monoisotopic (exact) mass is 354 g/mol. The second kappa shape index (κ2) is 8.84. The highest BCUT2D eigenvalue weighted by atomic mass is 35.5. The number of carbonyl (C=O) groups excluding carboxylic acids is 1. The van der Waals surface area contributed by atoms with Crippen molar-refractivity contribution in [2.45, 2.75) is 39.0 Å². The smallest absolute Gasteiger partial charge is 0.230 e. The summed E-state index contributed by atoms with van der Waals surface area (Å²) in [5, 5.41) is 6.58. The molecule has 24 heavy (non-hydrogen) atoms. The molecule has 1 heterocycles. The number of halogens is 1. The Morgan fingerprint density at radius 3 is 2.50 bits per heavy atom. The molecule has 1 aliphatic heterocycles. The van der Waals surface area contributed by atoms with Gasteiger partial charge >= 0.3 is 0 Å². The van der Waals surface area contributed by atoms with Crippen LogP contribution in [0.3, 0.4) is 0 Å². The van der Waals surface area contributed by atoms with Crippen LogP contribution in [-0.2, 0) is 14.9 Å². The molecule has 1 amide bonds. The van der Waals surface area contributed by atoms with Crippen molar-refractivity contribution < 1.29 is 9.53 Å². The lowest BCUT2D eigenvalue weighted by molar-refractivity contribution is -0.126. The number of ether oxygens (including phenoxy) is 1. The van der Waals surface area contributed by atoms with Crippen LogP contribution in [0.1, 0.15) is 37.8 Å². The molecule has 5 heteroatoms. The van der Waals surface area contributed by atoms with E-state index >= 15 is 0 Å². The van der Waals surface area contributed by atoms with Crippen molar-refractivity contribution in [3.05, 3.63) is 35.4 Å². The summed E-state index contributed by atoms with van der Waals surface area (Å²) in [6.07, 6.45) is 2.07. The molecule has 0 saturated carbocycles. The van der Waals surface area contributed by atoms with Crippen molar-refractivity contribution in [2.24, 2.45) is 5.41 Å². The fourth-order valence-corrected chi connectivity index (χ4v) is 3.52. The van der Waals surface area contributed by atoms with Gasteiger partial charge in [-0.3, -0.25) is 4.79 Å². The molecule has 1 aliphatic rings. The second-order valence-corrected chi connectivity index (χ2v) is 7.31. The van der Waals surface area contributed by atoms with Gasteiger partial charge in [0.25, 0.3) is 0 Å². The van der Waals surface area contributed by atoms with Crippen molar-refractivity contribution in [3.63, 3.8) is 0 Å². The summed E-state index contributed by atoms with van der Waals surface area (Å²) in [6.45, 7) is 9.40. The highest BCUT2D eigenvalue weighted by Gasteiger charge is 2.36. The number of aryl methyl sites for hydroxylation is 1. The van der Waals surface area contributed by atoms with Crippen LogP contribution in [0.15, 0.2) is 24.3 Å². The number of nitrogens with one attached hydrogen (secondary N) is 2. The van der Waals surface area contributed by atoms with Gasteiger partial charge in [-0.2, -0.15) is 0 Å². The zero-order valence-corrected chi connectivity index (χ0v) is 16.1. The first-order chi connectivity index (χ1) is 10.9. The Bertz CT molecular complexity index is 534. The van der Waals surface area contributed by atoms with E-state index in [0.29, 0.717) is 13.2 Å². The first-order valence-electron chi connectivity index (χ1n) is 8.45. The van der Waals surface area contributed by atoms with E-state index in [0.717, 1.165) is 37.1 Å². The van der Waals surface area contributed by atoms with Crippen LogP contribution in [0.5, 0.6) is 0 Å². The van der Waals surface area contributed by atoms with Gasteiger partial charge in [0.1, 0.15) is 0 Å². The summed E-state index contributed by atoms with van der Waals surface area (Å²) in [5.41, 5.74) is 1.76. The van der Waals surface area contributed by atoms with Crippen molar-refractivity contribution >= 4 is 18.3 Å². The maximum absolute atomic E-state index is 12.8. The number of methoxy groups -OCH3 is 1. The molecule has 2 N–H and O–H groups in total. The minimum absolute atomic E-state index is 0. The lowest BCUT2D eigenvalue weighted by atomic mass is 9.78. The maximum Gasteiger partial charge on any atom is 0.230 e. The molecule has 2 rings (SSSR count). The van der Waals surface area contributed by atoms with E-state index in [1.54, 1.807) is 7.11 Å². The Kier molecular flexibility index (Phi) is 7.71. The summed E-state index contributed by atoms with van der Waals surface area (Å²) in [6, 6.07) is 8.11. The largest absolute Gasteiger partial charge is 0.384 e. The number of carbonyl (C=O) groups is 1. The average molecular weight is 355 g/mol. The number of hydrogen-bond acceptors (Lipinski definition) is 3. The van der Waals surface area contributed by atoms with Crippen LogP contribution in [0.4, 0.5) is 0 Å². The minimum atomic E-state index is -0.535. The third-order valence-electron chi connectivity index (χ3n) is 5.12. The van der Waals surface area contributed by atoms with Crippen LogP contribution < -0.4 is 10.6 Å². The van der Waals surface area contributed by atoms with E-state index in [1.807, 2.05) is 32.0 Å². The third kappa shape index (κ3) is 4.71. The zero-order chi connectivity index (χ0) is 16.9. The number of rotatable bonds is 6. The normalized spacial score (nSPS) is 17.0. The average Bonchev–Trinajstić information content (AvgIpc) is 2.54. The van der Waals surface area contributed by atoms with Gasteiger partial charge in [-0.25, -0.2) is 0 Å². The molecular formula is C19H31ClN2O2. The van der Waals surface area contributed by atoms with Crippen molar-refractivity contribution in [1.29, 1.82) is 0 Å². The van der Waals surface area contributed by atoms with Crippen molar-refractivity contribution in [3.8, 4) is 0 Å². The summed E-state index contributed by atoms with van der Waals surface area (Å²) >= 11 is 0. The lowest BCUT2D eigenvalue weighted by Gasteiger charge is -2.38. The zero-order valence-electron chi connectivity index (χ0n) is 15.3. The number of benzene rings is 1. The molecule has 1 fully saturated rings. The molecule has 0 aliphatic carbocycles. The minimum Gasteiger partial charge on any atom is -0.384 e. The molecular weight excluding hydrogens is 324 g/mol. The lowest BCUT2D eigenvalue weighted by Crippen LogP contribution is -2.50. The van der Waals surface area contributed by atoms with Crippen LogP contribution in [0, 0.1) is 12.3 Å². The molecule has 1 aromatic carbocycles. The molecule has 4 nitrogen and oxygen atoms in total. The number of hydrogen-bond donors (Lipinski definition) is 2. The Morgan fingerprint density at radius 1 is 1.29 bits per heavy atom. The standard InChI is InChI=1S/C19H30N2O2.ClH/c1-15-7-5-6-8-16(15)18(2,3)17(22)21-13-19(14-23-4)9-11-20-12-10-19;/h5-8,20H,9-14H2,1-4H3,(H,21,22);1H. The highest BCUT2D eigenvalue weighted by molar-refractivity contribution is 5.87. The SMILES string of the molecule is COCC1(CNC(=O)C(C)(C)c2ccccc2C)CCNCC1.Cl. The van der Waals surface area contributed by atoms with Gasteiger partial charge in [0.05, 0.1) is 12.0 Å². The predicted octanol–water partition coefficient (Wildman–Crippen LogP) is 2.83. The molecule has 136 valence electrons. The Balaban J connectivity index is 0.00000288. The second-order valence-electron chi connectivity index (χ2n) is 7.31. The van der Waals surface area contributed by atoms with Crippen LogP contribution in [0.2, 0.25) is 0 Å². The van der Waals surface area contributed by atoms with Crippen molar-refractivity contribution in [2.75, 3.05) is 33.4 Å². The van der Waals surface area contributed by atoms with Gasteiger partial charge in [0, 0.05) is 19.1 Å². The van der Waals surface area contributed by atoms with E-state index in [-0.39, 0.29) is 23.7 Å². The number of amides is 1. The van der Waals surface area contributed by atoms with Crippen LogP contribution >= 0.6 is 12.4 Å². The van der Waals surface area contributed by atoms with Crippen LogP contribution in [-0.4, -0.2) is 39.3 Å². The molecule has 1 aromatic rings. The molecule has 0 radical (unpaired) electrons. The van der Waals surface area contributed by atoms with Gasteiger partial charge < -0.3 is 15.4 Å². The van der Waals surface area contributed by atoms with E-state index in [2.05, 4.69) is 23.6 Å². The fourth-order valence-electron chi connectivity index (χ4n) is 3.52. The van der Waals surface area contributed by atoms with Gasteiger partial charge in [-0.15, -0.1) is 12.4 Å². The Morgan fingerprint density at radius 2 is 1.92 bits per heavy atom. The first-order valence-corrected chi connectivity index (χ1v) is 8.45. The third-order valence-corrected chi connectivity index (χ3v) is 5.12. The Hall–Kier alpha value is -1.10. The molecule has 0 bridgehead atoms. The van der Waals surface area contributed by atoms with Gasteiger partial charge in [-0.1, -0.05) is 24.3 Å². The molecule has 0 unspecified atom stereocenters. The van der Waals surface area contributed by atoms with E-state index in [1.165, 1.54) is 0 Å². The molecule has 0 atom stereocenters. The van der Waals surface area contributed by atoms with Gasteiger partial charge in [0.2, 0.25) is 5.91 Å². The molecule has 0 aromatic heterocycles. The summed E-state index contributed by atoms with van der Waals surface area (Å²) in [5.74, 6) is 0.0841. The molecule has 0 spiro atoms. The van der Waals surface area contributed by atoms with E-state index < -0.39 is 5.41 Å². The Labute approximate surface area is 152 Å². The van der Waals surface area contributed by atoms with Gasteiger partial charge in [0.15, 0.2) is 0 Å². The predicted molar refractivity (Wildman–Crippen MR) is 101 cm³/mol. The van der Waals surface area contributed by atoms with E-state index in [9.17, 15) is 4.79 Å². The molecule has 1 saturated heterocycles.